The van der Waals surface area contributed by atoms with Crippen molar-refractivity contribution in [2.24, 2.45) is 0 Å². The van der Waals surface area contributed by atoms with Crippen molar-refractivity contribution in [3.8, 4) is 0 Å². The van der Waals surface area contributed by atoms with Crippen LogP contribution in [0.4, 0.5) is 0 Å². The van der Waals surface area contributed by atoms with Gasteiger partial charge in [-0.1, -0.05) is 0 Å². The van der Waals surface area contributed by atoms with Crippen LogP contribution in [0.2, 0.25) is 0 Å². The lowest BCUT2D eigenvalue weighted by Crippen LogP contribution is -1.62. The Kier molecular flexibility index (Phi) is 2.34. The molecule has 0 saturated heterocycles. The van der Waals surface area contributed by atoms with Crippen LogP contribution < -0.4 is 0 Å². The van der Waals surface area contributed by atoms with Gasteiger partial charge in [-0.25, -0.2) is 0 Å². The molecule has 3 heteroatoms. The molecule has 0 saturated carbocycles. The highest BCUT2D eigenvalue weighted by molar-refractivity contribution is 14.1. The first-order valence-electron chi connectivity index (χ1n) is 2.11. The summed E-state index contributed by atoms with van der Waals surface area (Å²) in [7, 11) is 0. The second kappa shape index (κ2) is 2.66. The van der Waals surface area contributed by atoms with E-state index in [9.17, 15) is 0 Å². The summed E-state index contributed by atoms with van der Waals surface area (Å²) in [4.78, 5) is 0. The lowest BCUT2D eigenvalue weighted by Gasteiger charge is -1.82. The summed E-state index contributed by atoms with van der Waals surface area (Å²) in [5.74, 6) is 0. The van der Waals surface area contributed by atoms with Gasteiger partial charge in [-0.15, -0.1) is 11.3 Å². The quantitative estimate of drug-likeness (QED) is 0.644. The van der Waals surface area contributed by atoms with Gasteiger partial charge in [0.15, 0.2) is 0 Å². The molecule has 0 fully saturated rings. The second-order valence-corrected chi connectivity index (χ2v) is 4.99. The predicted molar refractivity (Wildman–Crippen MR) is 49.5 cm³/mol. The van der Waals surface area contributed by atoms with E-state index in [4.69, 9.17) is 0 Å². The maximum Gasteiger partial charge on any atom is 0.0798 e. The lowest BCUT2D eigenvalue weighted by atomic mass is 10.4. The van der Waals surface area contributed by atoms with Gasteiger partial charge < -0.3 is 0 Å². The van der Waals surface area contributed by atoms with E-state index < -0.39 is 0 Å². The fourth-order valence-electron chi connectivity index (χ4n) is 0.399. The minimum Gasteiger partial charge on any atom is -0.136 e. The first kappa shape index (κ1) is 7.02. The van der Waals surface area contributed by atoms with Crippen LogP contribution in [0, 0.1) is 9.81 Å². The molecule has 1 aromatic heterocycles. The van der Waals surface area contributed by atoms with Crippen LogP contribution in [0.1, 0.15) is 5.56 Å². The van der Waals surface area contributed by atoms with E-state index >= 15 is 0 Å². The summed E-state index contributed by atoms with van der Waals surface area (Å²) in [6.45, 7) is 2.10. The normalized spacial score (nSPS) is 9.88. The van der Waals surface area contributed by atoms with Crippen LogP contribution in [0.3, 0.4) is 0 Å². The lowest BCUT2D eigenvalue weighted by molar-refractivity contribution is 1.50. The standard InChI is InChI=1S/C5H4BrIS/c1-3-2-8-5(7)4(3)6/h2H,1H3. The molecule has 0 radical (unpaired) electrons. The summed E-state index contributed by atoms with van der Waals surface area (Å²) in [5.41, 5.74) is 1.33. The average Bonchev–Trinajstić information content (AvgIpc) is 1.98. The maximum atomic E-state index is 3.45. The third-order valence-corrected chi connectivity index (χ3v) is 5.07. The molecule has 8 heavy (non-hydrogen) atoms. The van der Waals surface area contributed by atoms with Crippen molar-refractivity contribution >= 4 is 49.9 Å². The van der Waals surface area contributed by atoms with E-state index in [0.29, 0.717) is 0 Å². The Morgan fingerprint density at radius 1 is 1.75 bits per heavy atom. The molecule has 0 aliphatic carbocycles. The molecule has 0 N–H and O–H groups in total. The molecule has 0 atom stereocenters. The topological polar surface area (TPSA) is 0 Å². The molecule has 0 spiro atoms. The zero-order chi connectivity index (χ0) is 6.15. The molecule has 1 aromatic rings. The van der Waals surface area contributed by atoms with Crippen LogP contribution in [-0.4, -0.2) is 0 Å². The Hall–Kier alpha value is 0.910. The van der Waals surface area contributed by atoms with Crippen LogP contribution in [0.5, 0.6) is 0 Å². The minimum absolute atomic E-state index is 1.25. The fraction of sp³-hybridized carbons (Fsp3) is 0.200. The van der Waals surface area contributed by atoms with E-state index in [1.807, 2.05) is 0 Å². The van der Waals surface area contributed by atoms with Gasteiger partial charge >= 0.3 is 0 Å². The smallest absolute Gasteiger partial charge is 0.0798 e. The van der Waals surface area contributed by atoms with Crippen LogP contribution in [-0.2, 0) is 0 Å². The van der Waals surface area contributed by atoms with Crippen molar-refractivity contribution in [3.05, 3.63) is 18.3 Å². The van der Waals surface area contributed by atoms with Crippen molar-refractivity contribution in [2.45, 2.75) is 6.92 Å². The Bertz CT molecular complexity index is 175. The average molecular weight is 303 g/mol. The van der Waals surface area contributed by atoms with E-state index in [1.165, 1.54) is 12.9 Å². The third-order valence-electron chi connectivity index (χ3n) is 0.858. The van der Waals surface area contributed by atoms with Crippen molar-refractivity contribution in [2.75, 3.05) is 0 Å². The Morgan fingerprint density at radius 2 is 2.38 bits per heavy atom. The van der Waals surface area contributed by atoms with E-state index in [0.717, 1.165) is 0 Å². The van der Waals surface area contributed by atoms with Gasteiger partial charge in [-0.3, -0.25) is 0 Å². The molecule has 44 valence electrons. The number of rotatable bonds is 0. The Morgan fingerprint density at radius 3 is 2.50 bits per heavy atom. The largest absolute Gasteiger partial charge is 0.136 e. The molecule has 0 amide bonds. The Labute approximate surface area is 74.6 Å². The molecule has 0 unspecified atom stereocenters. The summed E-state index contributed by atoms with van der Waals surface area (Å²) in [6.07, 6.45) is 0. The van der Waals surface area contributed by atoms with E-state index in [-0.39, 0.29) is 0 Å². The van der Waals surface area contributed by atoms with Gasteiger partial charge in [0.1, 0.15) is 0 Å². The second-order valence-electron chi connectivity index (χ2n) is 1.51. The minimum atomic E-state index is 1.25. The monoisotopic (exact) mass is 302 g/mol. The molecule has 0 aliphatic heterocycles. The number of aryl methyl sites for hydroxylation is 1. The summed E-state index contributed by atoms with van der Waals surface area (Å²) >= 11 is 7.54. The van der Waals surface area contributed by atoms with Crippen LogP contribution in [0.15, 0.2) is 9.85 Å². The third kappa shape index (κ3) is 1.25. The molecule has 1 heterocycles. The van der Waals surface area contributed by atoms with Crippen LogP contribution >= 0.6 is 49.9 Å². The van der Waals surface area contributed by atoms with Crippen LogP contribution in [0.25, 0.3) is 0 Å². The summed E-state index contributed by atoms with van der Waals surface area (Å²) < 4.78 is 2.59. The van der Waals surface area contributed by atoms with E-state index in [1.54, 1.807) is 11.3 Å². The number of hydrogen-bond donors (Lipinski definition) is 0. The molecular weight excluding hydrogens is 299 g/mol. The van der Waals surface area contributed by atoms with Gasteiger partial charge in [0.2, 0.25) is 0 Å². The van der Waals surface area contributed by atoms with Gasteiger partial charge in [-0.05, 0) is 56.4 Å². The zero-order valence-electron chi connectivity index (χ0n) is 4.24. The predicted octanol–water partition coefficient (Wildman–Crippen LogP) is 3.42. The van der Waals surface area contributed by atoms with Crippen molar-refractivity contribution in [1.29, 1.82) is 0 Å². The number of hydrogen-bond acceptors (Lipinski definition) is 1. The first-order valence-corrected chi connectivity index (χ1v) is 4.86. The molecule has 0 aliphatic rings. The highest BCUT2D eigenvalue weighted by atomic mass is 127. The number of halogens is 2. The van der Waals surface area contributed by atoms with Gasteiger partial charge in [0.05, 0.1) is 2.88 Å². The molecule has 1 rings (SSSR count). The summed E-state index contributed by atoms with van der Waals surface area (Å²) in [6, 6.07) is 0. The maximum absolute atomic E-state index is 3.45. The molecule has 0 aromatic carbocycles. The SMILES string of the molecule is Cc1csc(I)c1Br. The molecule has 0 nitrogen and oxygen atoms in total. The van der Waals surface area contributed by atoms with Gasteiger partial charge in [-0.2, -0.15) is 0 Å². The Balaban J connectivity index is 3.19. The van der Waals surface area contributed by atoms with Crippen molar-refractivity contribution in [1.82, 2.24) is 0 Å². The highest BCUT2D eigenvalue weighted by Gasteiger charge is 1.99. The van der Waals surface area contributed by atoms with E-state index in [2.05, 4.69) is 50.8 Å². The number of thiophene rings is 1. The zero-order valence-corrected chi connectivity index (χ0v) is 8.80. The fourth-order valence-corrected chi connectivity index (χ4v) is 2.41. The van der Waals surface area contributed by atoms with Gasteiger partial charge in [0.25, 0.3) is 0 Å². The van der Waals surface area contributed by atoms with Gasteiger partial charge in [0, 0.05) is 4.47 Å². The van der Waals surface area contributed by atoms with Crippen molar-refractivity contribution < 1.29 is 0 Å². The van der Waals surface area contributed by atoms with Crippen molar-refractivity contribution in [3.63, 3.8) is 0 Å². The highest BCUT2D eigenvalue weighted by Crippen LogP contribution is 2.28. The summed E-state index contributed by atoms with van der Waals surface area (Å²) in [5, 5.41) is 2.14. The molecular formula is C5H4BrIS. The molecule has 0 bridgehead atoms. The first-order chi connectivity index (χ1) is 3.72.